The molecule has 1 saturated heterocycles. The number of hydrogen-bond acceptors (Lipinski definition) is 3. The number of nitrogens with one attached hydrogen (secondary N) is 1. The molecule has 5 nitrogen and oxygen atoms in total. The van der Waals surface area contributed by atoms with Crippen molar-refractivity contribution in [3.63, 3.8) is 0 Å². The number of carbonyl (C=O) groups is 2. The summed E-state index contributed by atoms with van der Waals surface area (Å²) in [6.45, 7) is 6.89. The summed E-state index contributed by atoms with van der Waals surface area (Å²) in [5.41, 5.74) is 3.71. The second kappa shape index (κ2) is 8.35. The fourth-order valence-corrected chi connectivity index (χ4v) is 3.10. The van der Waals surface area contributed by atoms with Crippen LogP contribution in [-0.4, -0.2) is 24.5 Å². The molecule has 0 radical (unpaired) electrons. The average molecular weight is 366 g/mol. The highest BCUT2D eigenvalue weighted by Gasteiger charge is 2.35. The van der Waals surface area contributed by atoms with Crippen LogP contribution in [0.1, 0.15) is 31.4 Å². The highest BCUT2D eigenvalue weighted by Crippen LogP contribution is 2.26. The van der Waals surface area contributed by atoms with Crippen molar-refractivity contribution in [1.82, 2.24) is 0 Å². The molecule has 0 bridgehead atoms. The van der Waals surface area contributed by atoms with E-state index >= 15 is 0 Å². The van der Waals surface area contributed by atoms with E-state index in [9.17, 15) is 9.59 Å². The van der Waals surface area contributed by atoms with Crippen molar-refractivity contribution in [2.45, 2.75) is 39.9 Å². The lowest BCUT2D eigenvalue weighted by Gasteiger charge is -2.17. The number of benzene rings is 2. The van der Waals surface area contributed by atoms with Crippen molar-refractivity contribution in [2.75, 3.05) is 16.8 Å². The maximum absolute atomic E-state index is 12.6. The van der Waals surface area contributed by atoms with E-state index < -0.39 is 0 Å². The van der Waals surface area contributed by atoms with Crippen molar-refractivity contribution in [1.29, 1.82) is 0 Å². The fraction of sp³-hybridized carbons (Fsp3) is 0.364. The highest BCUT2D eigenvalue weighted by atomic mass is 16.5. The predicted octanol–water partition coefficient (Wildman–Crippen LogP) is 3.91. The lowest BCUT2D eigenvalue weighted by Crippen LogP contribution is -2.28. The summed E-state index contributed by atoms with van der Waals surface area (Å²) in [5.74, 6) is -0.493. The van der Waals surface area contributed by atoms with Gasteiger partial charge >= 0.3 is 0 Å². The molecule has 2 aromatic rings. The third-order valence-corrected chi connectivity index (χ3v) is 4.62. The van der Waals surface area contributed by atoms with Gasteiger partial charge < -0.3 is 15.0 Å². The first-order chi connectivity index (χ1) is 12.9. The van der Waals surface area contributed by atoms with Gasteiger partial charge in [0.25, 0.3) is 0 Å². The van der Waals surface area contributed by atoms with Gasteiger partial charge in [-0.1, -0.05) is 29.8 Å². The van der Waals surface area contributed by atoms with Gasteiger partial charge in [0.05, 0.1) is 18.6 Å². The number of rotatable bonds is 6. The number of aryl methyl sites for hydroxylation is 1. The molecule has 0 aromatic heterocycles. The van der Waals surface area contributed by atoms with Crippen molar-refractivity contribution in [3.8, 4) is 0 Å². The van der Waals surface area contributed by atoms with Crippen molar-refractivity contribution in [2.24, 2.45) is 5.92 Å². The first-order valence-corrected chi connectivity index (χ1v) is 9.31. The smallest absolute Gasteiger partial charge is 0.229 e. The summed E-state index contributed by atoms with van der Waals surface area (Å²) in [7, 11) is 0. The van der Waals surface area contributed by atoms with Crippen LogP contribution in [-0.2, 0) is 20.9 Å². The Hall–Kier alpha value is -2.66. The van der Waals surface area contributed by atoms with Crippen molar-refractivity contribution < 1.29 is 14.3 Å². The summed E-state index contributed by atoms with van der Waals surface area (Å²) in [5, 5.41) is 2.94. The molecule has 1 aliphatic rings. The summed E-state index contributed by atoms with van der Waals surface area (Å²) in [6.07, 6.45) is 0.385. The van der Waals surface area contributed by atoms with E-state index in [2.05, 4.69) is 5.32 Å². The van der Waals surface area contributed by atoms with Gasteiger partial charge in [-0.25, -0.2) is 0 Å². The molecule has 5 heteroatoms. The second-order valence-corrected chi connectivity index (χ2v) is 7.29. The molecule has 1 heterocycles. The molecule has 1 atom stereocenters. The van der Waals surface area contributed by atoms with Crippen LogP contribution in [0.3, 0.4) is 0 Å². The minimum absolute atomic E-state index is 0.0157. The topological polar surface area (TPSA) is 58.6 Å². The van der Waals surface area contributed by atoms with E-state index in [-0.39, 0.29) is 30.3 Å². The molecule has 2 aromatic carbocycles. The van der Waals surface area contributed by atoms with E-state index in [4.69, 9.17) is 4.74 Å². The van der Waals surface area contributed by atoms with Gasteiger partial charge in [0.1, 0.15) is 0 Å². The van der Waals surface area contributed by atoms with Gasteiger partial charge in [-0.2, -0.15) is 0 Å². The van der Waals surface area contributed by atoms with E-state index in [1.807, 2.05) is 69.3 Å². The molecule has 1 unspecified atom stereocenters. The summed E-state index contributed by atoms with van der Waals surface area (Å²) in [4.78, 5) is 26.7. The number of hydrogen-bond donors (Lipinski definition) is 1. The molecular formula is C22H26N2O3. The molecule has 2 amide bonds. The SMILES string of the molecule is Cc1ccc(N2CC(C(=O)Nc3cccc(COC(C)C)c3)CC2=O)cc1. The molecule has 1 N–H and O–H groups in total. The zero-order valence-corrected chi connectivity index (χ0v) is 16.1. The first kappa shape index (κ1) is 19.1. The Bertz CT molecular complexity index is 815. The Kier molecular flexibility index (Phi) is 5.91. The fourth-order valence-electron chi connectivity index (χ4n) is 3.10. The molecule has 0 saturated carbocycles. The third-order valence-electron chi connectivity index (χ3n) is 4.62. The maximum atomic E-state index is 12.6. The van der Waals surface area contributed by atoms with Crippen molar-refractivity contribution in [3.05, 3.63) is 59.7 Å². The van der Waals surface area contributed by atoms with Crippen LogP contribution in [0, 0.1) is 12.8 Å². The first-order valence-electron chi connectivity index (χ1n) is 9.31. The minimum atomic E-state index is -0.352. The number of ether oxygens (including phenoxy) is 1. The Labute approximate surface area is 160 Å². The molecule has 27 heavy (non-hydrogen) atoms. The summed E-state index contributed by atoms with van der Waals surface area (Å²) in [6, 6.07) is 15.4. The molecule has 0 spiro atoms. The number of nitrogens with zero attached hydrogens (tertiary/aromatic N) is 1. The molecule has 142 valence electrons. The van der Waals surface area contributed by atoms with Crippen LogP contribution in [0.2, 0.25) is 0 Å². The van der Waals surface area contributed by atoms with E-state index in [1.54, 1.807) is 4.90 Å². The quantitative estimate of drug-likeness (QED) is 0.843. The Morgan fingerprint density at radius 1 is 1.22 bits per heavy atom. The molecular weight excluding hydrogens is 340 g/mol. The zero-order chi connectivity index (χ0) is 19.4. The Balaban J connectivity index is 1.62. The van der Waals surface area contributed by atoms with Crippen LogP contribution in [0.25, 0.3) is 0 Å². The van der Waals surface area contributed by atoms with Gasteiger partial charge in [-0.05, 0) is 50.6 Å². The monoisotopic (exact) mass is 366 g/mol. The third kappa shape index (κ3) is 4.95. The predicted molar refractivity (Wildman–Crippen MR) is 107 cm³/mol. The lowest BCUT2D eigenvalue weighted by molar-refractivity contribution is -0.122. The number of amides is 2. The van der Waals surface area contributed by atoms with Gasteiger partial charge in [0.15, 0.2) is 0 Å². The van der Waals surface area contributed by atoms with Gasteiger partial charge in [0.2, 0.25) is 11.8 Å². The van der Waals surface area contributed by atoms with Crippen LogP contribution in [0.15, 0.2) is 48.5 Å². The van der Waals surface area contributed by atoms with E-state index in [0.29, 0.717) is 13.2 Å². The van der Waals surface area contributed by atoms with Crippen molar-refractivity contribution >= 4 is 23.2 Å². The van der Waals surface area contributed by atoms with Crippen LogP contribution in [0.5, 0.6) is 0 Å². The van der Waals surface area contributed by atoms with Gasteiger partial charge in [-0.15, -0.1) is 0 Å². The lowest BCUT2D eigenvalue weighted by atomic mass is 10.1. The van der Waals surface area contributed by atoms with Crippen LogP contribution >= 0.6 is 0 Å². The number of anilines is 2. The summed E-state index contributed by atoms with van der Waals surface area (Å²) >= 11 is 0. The zero-order valence-electron chi connectivity index (χ0n) is 16.1. The average Bonchev–Trinajstić information content (AvgIpc) is 3.03. The standard InChI is InChI=1S/C22H26N2O3/c1-15(2)27-14-17-5-4-6-19(11-17)23-22(26)18-12-21(25)24(13-18)20-9-7-16(3)8-10-20/h4-11,15,18H,12-14H2,1-3H3,(H,23,26). The van der Waals surface area contributed by atoms with E-state index in [1.165, 1.54) is 0 Å². The van der Waals surface area contributed by atoms with Gasteiger partial charge in [0, 0.05) is 24.3 Å². The van der Waals surface area contributed by atoms with Crippen LogP contribution < -0.4 is 10.2 Å². The minimum Gasteiger partial charge on any atom is -0.374 e. The number of carbonyl (C=O) groups excluding carboxylic acids is 2. The van der Waals surface area contributed by atoms with Crippen LogP contribution in [0.4, 0.5) is 11.4 Å². The molecule has 0 aliphatic carbocycles. The normalized spacial score (nSPS) is 16.8. The molecule has 1 aliphatic heterocycles. The second-order valence-electron chi connectivity index (χ2n) is 7.29. The summed E-state index contributed by atoms with van der Waals surface area (Å²) < 4.78 is 5.61. The van der Waals surface area contributed by atoms with E-state index in [0.717, 1.165) is 22.5 Å². The molecule has 1 fully saturated rings. The maximum Gasteiger partial charge on any atom is 0.229 e. The molecule has 3 rings (SSSR count). The largest absolute Gasteiger partial charge is 0.374 e. The highest BCUT2D eigenvalue weighted by molar-refractivity contribution is 6.03. The Morgan fingerprint density at radius 3 is 2.67 bits per heavy atom. The Morgan fingerprint density at radius 2 is 1.96 bits per heavy atom. The van der Waals surface area contributed by atoms with Gasteiger partial charge in [-0.3, -0.25) is 9.59 Å².